The molecule has 0 saturated carbocycles. The highest BCUT2D eigenvalue weighted by atomic mass is 16.3. The molecular formula is C24H22N4O2. The van der Waals surface area contributed by atoms with Crippen molar-refractivity contribution < 1.29 is 9.90 Å². The number of benzene rings is 2. The second-order valence-corrected chi connectivity index (χ2v) is 7.48. The number of aromatic hydroxyl groups is 1. The summed E-state index contributed by atoms with van der Waals surface area (Å²) >= 11 is 0. The van der Waals surface area contributed by atoms with Crippen molar-refractivity contribution in [1.29, 1.82) is 0 Å². The van der Waals surface area contributed by atoms with E-state index in [4.69, 9.17) is 0 Å². The number of carbonyl (C=O) groups is 1. The Labute approximate surface area is 174 Å². The van der Waals surface area contributed by atoms with E-state index in [2.05, 4.69) is 33.1 Å². The van der Waals surface area contributed by atoms with Gasteiger partial charge in [0.05, 0.1) is 6.20 Å². The van der Waals surface area contributed by atoms with Crippen LogP contribution in [0.5, 0.6) is 5.75 Å². The van der Waals surface area contributed by atoms with Gasteiger partial charge in [-0.15, -0.1) is 0 Å². The highest BCUT2D eigenvalue weighted by Gasteiger charge is 2.23. The van der Waals surface area contributed by atoms with Crippen molar-refractivity contribution in [3.8, 4) is 16.9 Å². The fraction of sp³-hybridized carbons (Fsp3) is 0.167. The number of fused-ring (bicyclic) bond motifs is 1. The number of nitrogens with one attached hydrogen (secondary N) is 1. The molecule has 0 unspecified atom stereocenters. The summed E-state index contributed by atoms with van der Waals surface area (Å²) in [5, 5.41) is 10.6. The maximum Gasteiger partial charge on any atom is 0.253 e. The van der Waals surface area contributed by atoms with E-state index >= 15 is 0 Å². The molecule has 0 radical (unpaired) electrons. The minimum atomic E-state index is 0.0522. The third-order valence-electron chi connectivity index (χ3n) is 5.64. The number of carbonyl (C=O) groups excluding carboxylic acids is 1. The molecule has 0 bridgehead atoms. The van der Waals surface area contributed by atoms with Gasteiger partial charge in [-0.2, -0.15) is 0 Å². The molecule has 0 spiro atoms. The molecule has 1 aliphatic rings. The van der Waals surface area contributed by atoms with Gasteiger partial charge in [0.15, 0.2) is 0 Å². The topological polar surface area (TPSA) is 72.5 Å². The zero-order valence-corrected chi connectivity index (χ0v) is 16.5. The van der Waals surface area contributed by atoms with E-state index in [-0.39, 0.29) is 11.7 Å². The van der Waals surface area contributed by atoms with E-state index in [1.807, 2.05) is 41.4 Å². The first-order valence-electron chi connectivity index (χ1n) is 10.0. The zero-order chi connectivity index (χ0) is 20.5. The molecule has 2 aromatic carbocycles. The van der Waals surface area contributed by atoms with E-state index in [0.29, 0.717) is 31.7 Å². The van der Waals surface area contributed by atoms with Crippen molar-refractivity contribution in [2.75, 3.05) is 31.1 Å². The van der Waals surface area contributed by atoms with Crippen LogP contribution in [0.4, 0.5) is 5.82 Å². The first kappa shape index (κ1) is 18.2. The van der Waals surface area contributed by atoms with Gasteiger partial charge in [-0.05, 0) is 47.5 Å². The van der Waals surface area contributed by atoms with Crippen LogP contribution in [-0.2, 0) is 0 Å². The van der Waals surface area contributed by atoms with Gasteiger partial charge in [0.2, 0.25) is 0 Å². The Bertz CT molecular complexity index is 1190. The zero-order valence-electron chi connectivity index (χ0n) is 16.5. The summed E-state index contributed by atoms with van der Waals surface area (Å²) in [6.45, 7) is 2.70. The quantitative estimate of drug-likeness (QED) is 0.549. The lowest BCUT2D eigenvalue weighted by Gasteiger charge is -2.35. The summed E-state index contributed by atoms with van der Waals surface area (Å²) < 4.78 is 0. The summed E-state index contributed by atoms with van der Waals surface area (Å²) in [6, 6.07) is 19.5. The summed E-state index contributed by atoms with van der Waals surface area (Å²) in [5.41, 5.74) is 3.95. The Balaban J connectivity index is 1.33. The first-order chi connectivity index (χ1) is 14.7. The second kappa shape index (κ2) is 7.55. The second-order valence-electron chi connectivity index (χ2n) is 7.48. The van der Waals surface area contributed by atoms with Gasteiger partial charge < -0.3 is 19.9 Å². The van der Waals surface area contributed by atoms with Crippen LogP contribution in [0.15, 0.2) is 73.1 Å². The third-order valence-corrected chi connectivity index (χ3v) is 5.64. The Kier molecular flexibility index (Phi) is 4.59. The van der Waals surface area contributed by atoms with Crippen molar-refractivity contribution in [3.63, 3.8) is 0 Å². The molecule has 1 amide bonds. The van der Waals surface area contributed by atoms with E-state index in [1.54, 1.807) is 12.1 Å². The lowest BCUT2D eigenvalue weighted by atomic mass is 9.99. The van der Waals surface area contributed by atoms with Gasteiger partial charge in [0.25, 0.3) is 5.91 Å². The molecule has 2 N–H and O–H groups in total. The minimum Gasteiger partial charge on any atom is -0.506 e. The molecule has 0 atom stereocenters. The molecule has 2 aromatic heterocycles. The molecule has 0 aliphatic carbocycles. The van der Waals surface area contributed by atoms with Crippen molar-refractivity contribution in [1.82, 2.24) is 14.9 Å². The average molecular weight is 398 g/mol. The maximum absolute atomic E-state index is 13.1. The predicted molar refractivity (Wildman–Crippen MR) is 118 cm³/mol. The molecule has 4 aromatic rings. The van der Waals surface area contributed by atoms with Crippen LogP contribution in [-0.4, -0.2) is 52.1 Å². The van der Waals surface area contributed by atoms with Crippen LogP contribution in [0.2, 0.25) is 0 Å². The first-order valence-corrected chi connectivity index (χ1v) is 10.0. The molecule has 1 aliphatic heterocycles. The van der Waals surface area contributed by atoms with Crippen molar-refractivity contribution in [2.24, 2.45) is 0 Å². The number of hydrogen-bond donors (Lipinski definition) is 2. The fourth-order valence-corrected chi connectivity index (χ4v) is 4.04. The van der Waals surface area contributed by atoms with Gasteiger partial charge in [-0.3, -0.25) is 4.79 Å². The van der Waals surface area contributed by atoms with Gasteiger partial charge >= 0.3 is 0 Å². The van der Waals surface area contributed by atoms with E-state index < -0.39 is 0 Å². The summed E-state index contributed by atoms with van der Waals surface area (Å²) in [5.74, 6) is 1.03. The molecule has 5 rings (SSSR count). The van der Waals surface area contributed by atoms with Gasteiger partial charge in [-0.1, -0.05) is 24.3 Å². The van der Waals surface area contributed by atoms with Crippen LogP contribution in [0.1, 0.15) is 10.4 Å². The van der Waals surface area contributed by atoms with Crippen LogP contribution in [0, 0.1) is 0 Å². The van der Waals surface area contributed by atoms with Gasteiger partial charge in [-0.25, -0.2) is 4.98 Å². The number of aromatic nitrogens is 2. The Morgan fingerprint density at radius 1 is 0.967 bits per heavy atom. The van der Waals surface area contributed by atoms with E-state index in [0.717, 1.165) is 27.8 Å². The minimum absolute atomic E-state index is 0.0522. The Morgan fingerprint density at radius 3 is 2.60 bits per heavy atom. The number of aromatic amines is 1. The molecule has 150 valence electrons. The summed E-state index contributed by atoms with van der Waals surface area (Å²) in [7, 11) is 0. The van der Waals surface area contributed by atoms with Crippen LogP contribution in [0.3, 0.4) is 0 Å². The molecular weight excluding hydrogens is 376 g/mol. The molecule has 1 saturated heterocycles. The summed E-state index contributed by atoms with van der Waals surface area (Å²) in [4.78, 5) is 24.7. The molecule has 3 heterocycles. The fourth-order valence-electron chi connectivity index (χ4n) is 4.04. The van der Waals surface area contributed by atoms with Gasteiger partial charge in [0.1, 0.15) is 11.6 Å². The van der Waals surface area contributed by atoms with E-state index in [9.17, 15) is 9.90 Å². The maximum atomic E-state index is 13.1. The Morgan fingerprint density at radius 2 is 1.80 bits per heavy atom. The largest absolute Gasteiger partial charge is 0.506 e. The number of nitrogens with zero attached hydrogens (tertiary/aromatic N) is 3. The highest BCUT2D eigenvalue weighted by molar-refractivity contribution is 5.99. The highest BCUT2D eigenvalue weighted by Crippen LogP contribution is 2.29. The van der Waals surface area contributed by atoms with Crippen molar-refractivity contribution in [2.45, 2.75) is 0 Å². The number of hydrogen-bond acceptors (Lipinski definition) is 4. The number of anilines is 1. The van der Waals surface area contributed by atoms with Crippen molar-refractivity contribution in [3.05, 3.63) is 78.6 Å². The number of pyridine rings is 1. The molecule has 30 heavy (non-hydrogen) atoms. The lowest BCUT2D eigenvalue weighted by Crippen LogP contribution is -2.49. The summed E-state index contributed by atoms with van der Waals surface area (Å²) in [6.07, 6.45) is 3.38. The van der Waals surface area contributed by atoms with Crippen LogP contribution < -0.4 is 4.90 Å². The standard InChI is InChI=1S/C24H22N4O2/c29-19-7-8-23(26-16-19)27-11-13-28(14-12-27)24(30)18-4-1-3-17(15-18)20-5-2-6-22-21(20)9-10-25-22/h1-10,15-16,25,29H,11-14H2. The van der Waals surface area contributed by atoms with Crippen LogP contribution in [0.25, 0.3) is 22.0 Å². The molecule has 1 fully saturated rings. The predicted octanol–water partition coefficient (Wildman–Crippen LogP) is 3.90. The van der Waals surface area contributed by atoms with Gasteiger partial charge in [0, 0.05) is 48.8 Å². The third kappa shape index (κ3) is 3.37. The van der Waals surface area contributed by atoms with E-state index in [1.165, 1.54) is 6.20 Å². The smallest absolute Gasteiger partial charge is 0.253 e. The normalized spacial score (nSPS) is 14.3. The molecule has 6 nitrogen and oxygen atoms in total. The number of piperazine rings is 1. The lowest BCUT2D eigenvalue weighted by molar-refractivity contribution is 0.0746. The monoisotopic (exact) mass is 398 g/mol. The SMILES string of the molecule is O=C(c1cccc(-c2cccc3[nH]ccc23)c1)N1CCN(c2ccc(O)cn2)CC1. The van der Waals surface area contributed by atoms with Crippen molar-refractivity contribution >= 4 is 22.6 Å². The number of amides is 1. The Hall–Kier alpha value is -3.80. The number of rotatable bonds is 3. The average Bonchev–Trinajstić information content (AvgIpc) is 3.28. The van der Waals surface area contributed by atoms with Crippen LogP contribution >= 0.6 is 0 Å². The molecule has 6 heteroatoms. The number of H-pyrrole nitrogens is 1.